The summed E-state index contributed by atoms with van der Waals surface area (Å²) in [7, 11) is 1.59. The first-order chi connectivity index (χ1) is 13.2. The van der Waals surface area contributed by atoms with E-state index in [2.05, 4.69) is 6.92 Å². The molecule has 0 unspecified atom stereocenters. The van der Waals surface area contributed by atoms with E-state index in [1.54, 1.807) is 7.11 Å². The third kappa shape index (κ3) is 12.1. The summed E-state index contributed by atoms with van der Waals surface area (Å²) in [6.07, 6.45) is 9.73. The van der Waals surface area contributed by atoms with Gasteiger partial charge in [-0.2, -0.15) is 0 Å². The van der Waals surface area contributed by atoms with Crippen molar-refractivity contribution in [3.05, 3.63) is 29.8 Å². The summed E-state index contributed by atoms with van der Waals surface area (Å²) in [5, 5.41) is 0. The molecule has 1 rings (SSSR count). The highest BCUT2D eigenvalue weighted by Crippen LogP contribution is 2.13. The van der Waals surface area contributed by atoms with Crippen molar-refractivity contribution in [3.63, 3.8) is 0 Å². The van der Waals surface area contributed by atoms with Gasteiger partial charge in [-0.3, -0.25) is 9.59 Å². The molecule has 152 valence electrons. The van der Waals surface area contributed by atoms with Crippen LogP contribution in [-0.4, -0.2) is 25.7 Å². The molecule has 1 aromatic carbocycles. The molecular weight excluding hydrogens is 344 g/mol. The van der Waals surface area contributed by atoms with E-state index in [1.807, 2.05) is 24.3 Å². The molecule has 0 saturated carbocycles. The maximum Gasteiger partial charge on any atom is 0.306 e. The molecular formula is C22H34O5. The average molecular weight is 379 g/mol. The minimum atomic E-state index is -0.401. The molecule has 1 aromatic rings. The lowest BCUT2D eigenvalue weighted by molar-refractivity contribution is -0.151. The molecule has 0 aliphatic rings. The first kappa shape index (κ1) is 23.0. The van der Waals surface area contributed by atoms with E-state index in [0.29, 0.717) is 12.4 Å². The van der Waals surface area contributed by atoms with Crippen molar-refractivity contribution in [3.8, 4) is 5.75 Å². The summed E-state index contributed by atoms with van der Waals surface area (Å²) in [6, 6.07) is 7.33. The number of carbonyl (C=O) groups excluding carboxylic acids is 2. The zero-order chi connectivity index (χ0) is 19.7. The number of esters is 2. The summed E-state index contributed by atoms with van der Waals surface area (Å²) in [5.41, 5.74) is 0.847. The van der Waals surface area contributed by atoms with Crippen LogP contribution in [0.1, 0.15) is 76.7 Å². The van der Waals surface area contributed by atoms with E-state index in [1.165, 1.54) is 38.5 Å². The van der Waals surface area contributed by atoms with Crippen LogP contribution in [0.4, 0.5) is 0 Å². The van der Waals surface area contributed by atoms with Gasteiger partial charge in [0, 0.05) is 0 Å². The number of rotatable bonds is 15. The Hall–Kier alpha value is -2.04. The van der Waals surface area contributed by atoms with Gasteiger partial charge >= 0.3 is 11.9 Å². The van der Waals surface area contributed by atoms with Crippen LogP contribution in [0.5, 0.6) is 5.75 Å². The molecule has 0 aromatic heterocycles. The van der Waals surface area contributed by atoms with E-state index >= 15 is 0 Å². The summed E-state index contributed by atoms with van der Waals surface area (Å²) < 4.78 is 15.5. The first-order valence-electron chi connectivity index (χ1n) is 10.1. The summed E-state index contributed by atoms with van der Waals surface area (Å²) in [6.45, 7) is 2.82. The second-order valence-corrected chi connectivity index (χ2v) is 6.71. The van der Waals surface area contributed by atoms with Gasteiger partial charge in [-0.05, 0) is 24.1 Å². The van der Waals surface area contributed by atoms with Crippen LogP contribution >= 0.6 is 0 Å². The van der Waals surface area contributed by atoms with Crippen molar-refractivity contribution in [2.75, 3.05) is 13.7 Å². The van der Waals surface area contributed by atoms with Crippen LogP contribution in [-0.2, 0) is 25.7 Å². The summed E-state index contributed by atoms with van der Waals surface area (Å²) >= 11 is 0. The lowest BCUT2D eigenvalue weighted by atomic mass is 10.1. The van der Waals surface area contributed by atoms with E-state index < -0.39 is 5.97 Å². The SMILES string of the molecule is CCCCCCCCCCOC(=O)CCC(=O)OCc1cccc(OC)c1. The van der Waals surface area contributed by atoms with Crippen molar-refractivity contribution < 1.29 is 23.8 Å². The van der Waals surface area contributed by atoms with E-state index in [9.17, 15) is 9.59 Å². The Balaban J connectivity index is 2.01. The molecule has 0 atom stereocenters. The van der Waals surface area contributed by atoms with Crippen molar-refractivity contribution in [1.29, 1.82) is 0 Å². The zero-order valence-electron chi connectivity index (χ0n) is 16.8. The van der Waals surface area contributed by atoms with Crippen LogP contribution in [0.2, 0.25) is 0 Å². The second-order valence-electron chi connectivity index (χ2n) is 6.71. The van der Waals surface area contributed by atoms with Crippen molar-refractivity contribution in [2.24, 2.45) is 0 Å². The van der Waals surface area contributed by atoms with E-state index in [4.69, 9.17) is 14.2 Å². The quantitative estimate of drug-likeness (QED) is 0.310. The monoisotopic (exact) mass is 378 g/mol. The highest BCUT2D eigenvalue weighted by atomic mass is 16.5. The van der Waals surface area contributed by atoms with Gasteiger partial charge in [0.25, 0.3) is 0 Å². The number of carbonyl (C=O) groups is 2. The standard InChI is InChI=1S/C22H34O5/c1-3-4-5-6-7-8-9-10-16-26-21(23)14-15-22(24)27-18-19-12-11-13-20(17-19)25-2/h11-13,17H,3-10,14-16,18H2,1-2H3. The van der Waals surface area contributed by atoms with Crippen LogP contribution in [0.3, 0.4) is 0 Å². The number of ether oxygens (including phenoxy) is 3. The molecule has 0 aliphatic carbocycles. The largest absolute Gasteiger partial charge is 0.497 e. The molecule has 0 saturated heterocycles. The predicted molar refractivity (Wildman–Crippen MR) is 106 cm³/mol. The number of hydrogen-bond donors (Lipinski definition) is 0. The highest BCUT2D eigenvalue weighted by Gasteiger charge is 2.09. The maximum absolute atomic E-state index is 11.7. The van der Waals surface area contributed by atoms with Gasteiger partial charge in [-0.15, -0.1) is 0 Å². The van der Waals surface area contributed by atoms with Gasteiger partial charge in [0.05, 0.1) is 26.6 Å². The third-order valence-corrected chi connectivity index (χ3v) is 4.33. The molecule has 0 fully saturated rings. The Morgan fingerprint density at radius 1 is 0.852 bits per heavy atom. The van der Waals surface area contributed by atoms with Gasteiger partial charge in [-0.25, -0.2) is 0 Å². The maximum atomic E-state index is 11.7. The fraction of sp³-hybridized carbons (Fsp3) is 0.636. The molecule has 0 radical (unpaired) electrons. The second kappa shape index (κ2) is 15.1. The zero-order valence-corrected chi connectivity index (χ0v) is 16.8. The molecule has 0 heterocycles. The lowest BCUT2D eigenvalue weighted by Gasteiger charge is -2.07. The number of methoxy groups -OCH3 is 1. The molecule has 0 aliphatic heterocycles. The van der Waals surface area contributed by atoms with Gasteiger partial charge in [0.1, 0.15) is 12.4 Å². The van der Waals surface area contributed by atoms with Gasteiger partial charge in [-0.1, -0.05) is 64.0 Å². The number of benzene rings is 1. The molecule has 5 nitrogen and oxygen atoms in total. The number of hydrogen-bond acceptors (Lipinski definition) is 5. The molecule has 5 heteroatoms. The Kier molecular flexibility index (Phi) is 12.8. The Labute approximate surface area is 163 Å². The number of unbranched alkanes of at least 4 members (excludes halogenated alkanes) is 7. The first-order valence-corrected chi connectivity index (χ1v) is 10.1. The van der Waals surface area contributed by atoms with Crippen LogP contribution in [0, 0.1) is 0 Å². The van der Waals surface area contributed by atoms with E-state index in [-0.39, 0.29) is 25.4 Å². The fourth-order valence-electron chi connectivity index (χ4n) is 2.70. The fourth-order valence-corrected chi connectivity index (χ4v) is 2.70. The minimum absolute atomic E-state index is 0.0419. The van der Waals surface area contributed by atoms with E-state index in [0.717, 1.165) is 18.4 Å². The molecule has 0 amide bonds. The molecule has 0 bridgehead atoms. The molecule has 0 spiro atoms. The van der Waals surface area contributed by atoms with Gasteiger partial charge < -0.3 is 14.2 Å². The minimum Gasteiger partial charge on any atom is -0.497 e. The highest BCUT2D eigenvalue weighted by molar-refractivity contribution is 5.77. The topological polar surface area (TPSA) is 61.8 Å². The Bertz CT molecular complexity index is 541. The van der Waals surface area contributed by atoms with Crippen LogP contribution in [0.15, 0.2) is 24.3 Å². The Morgan fingerprint density at radius 2 is 1.48 bits per heavy atom. The third-order valence-electron chi connectivity index (χ3n) is 4.33. The average Bonchev–Trinajstić information content (AvgIpc) is 2.69. The molecule has 27 heavy (non-hydrogen) atoms. The van der Waals surface area contributed by atoms with Gasteiger partial charge in [0.15, 0.2) is 0 Å². The van der Waals surface area contributed by atoms with Crippen LogP contribution in [0.25, 0.3) is 0 Å². The van der Waals surface area contributed by atoms with Crippen molar-refractivity contribution in [1.82, 2.24) is 0 Å². The smallest absolute Gasteiger partial charge is 0.306 e. The van der Waals surface area contributed by atoms with Gasteiger partial charge in [0.2, 0.25) is 0 Å². The lowest BCUT2D eigenvalue weighted by Crippen LogP contribution is -2.11. The van der Waals surface area contributed by atoms with Crippen molar-refractivity contribution in [2.45, 2.75) is 77.7 Å². The van der Waals surface area contributed by atoms with Crippen LogP contribution < -0.4 is 4.74 Å². The summed E-state index contributed by atoms with van der Waals surface area (Å²) in [4.78, 5) is 23.4. The molecule has 0 N–H and O–H groups in total. The Morgan fingerprint density at radius 3 is 2.15 bits per heavy atom. The summed E-state index contributed by atoms with van der Waals surface area (Å²) in [5.74, 6) is -0.0220. The normalized spacial score (nSPS) is 10.4. The predicted octanol–water partition coefficient (Wildman–Crippen LogP) is 5.20. The van der Waals surface area contributed by atoms with Crippen molar-refractivity contribution >= 4 is 11.9 Å².